The average Bonchev–Trinajstić information content (AvgIpc) is 2.62. The second-order valence-electron chi connectivity index (χ2n) is 4.81. The van der Waals surface area contributed by atoms with Crippen molar-refractivity contribution >= 4 is 17.3 Å². The Morgan fingerprint density at radius 3 is 1.77 bits per heavy atom. The molecule has 1 unspecified atom stereocenters. The Balaban J connectivity index is 0.000000289. The molecule has 0 amide bonds. The van der Waals surface area contributed by atoms with Crippen LogP contribution in [0.15, 0.2) is 48.5 Å². The van der Waals surface area contributed by atoms with Crippen molar-refractivity contribution < 1.29 is 29.2 Å². The zero-order valence-electron chi connectivity index (χ0n) is 13.9. The van der Waals surface area contributed by atoms with Crippen LogP contribution in [0.25, 0.3) is 0 Å². The summed E-state index contributed by atoms with van der Waals surface area (Å²) in [6.07, 6.45) is -0.744. The summed E-state index contributed by atoms with van der Waals surface area (Å²) in [6.45, 7) is 1.53. The van der Waals surface area contributed by atoms with E-state index in [1.54, 1.807) is 0 Å². The first-order valence-electron chi connectivity index (χ1n) is 7.17. The number of benzene rings is 2. The predicted octanol–water partition coefficient (Wildman–Crippen LogP) is 2.84. The van der Waals surface area contributed by atoms with E-state index in [0.29, 0.717) is 5.75 Å². The highest BCUT2D eigenvalue weighted by Crippen LogP contribution is 2.18. The molecule has 0 aliphatic carbocycles. The van der Waals surface area contributed by atoms with Gasteiger partial charge in [0.2, 0.25) is 0 Å². The number of phenols is 1. The molecule has 1 N–H and O–H groups in total. The minimum Gasteiger partial charge on any atom is -0.508 e. The van der Waals surface area contributed by atoms with E-state index < -0.39 is 21.9 Å². The van der Waals surface area contributed by atoms with E-state index in [1.165, 1.54) is 62.6 Å². The number of non-ortho nitro benzene ring substituents is 2. The summed E-state index contributed by atoms with van der Waals surface area (Å²) in [4.78, 5) is 30.4. The van der Waals surface area contributed by atoms with Crippen LogP contribution in [0.1, 0.15) is 6.92 Å². The molecule has 0 saturated heterocycles. The maximum absolute atomic E-state index is 11.0. The van der Waals surface area contributed by atoms with Crippen LogP contribution in [0.4, 0.5) is 11.4 Å². The second-order valence-corrected chi connectivity index (χ2v) is 4.81. The molecule has 26 heavy (non-hydrogen) atoms. The summed E-state index contributed by atoms with van der Waals surface area (Å²) in [5, 5.41) is 29.1. The Morgan fingerprint density at radius 1 is 0.962 bits per heavy atom. The average molecular weight is 364 g/mol. The number of carbonyl (C=O) groups excluding carboxylic acids is 1. The molecule has 0 spiro atoms. The number of esters is 1. The van der Waals surface area contributed by atoms with E-state index in [4.69, 9.17) is 9.84 Å². The number of rotatable bonds is 5. The molecule has 0 heterocycles. The Hall–Kier alpha value is -3.69. The smallest absolute Gasteiger partial charge is 0.346 e. The molecule has 0 aliphatic heterocycles. The first kappa shape index (κ1) is 20.4. The minimum atomic E-state index is -0.744. The monoisotopic (exact) mass is 364 g/mol. The van der Waals surface area contributed by atoms with Crippen molar-refractivity contribution in [3.63, 3.8) is 0 Å². The van der Waals surface area contributed by atoms with Gasteiger partial charge in [-0.25, -0.2) is 4.79 Å². The largest absolute Gasteiger partial charge is 0.508 e. The fourth-order valence-corrected chi connectivity index (χ4v) is 1.64. The third kappa shape index (κ3) is 6.43. The molecule has 1 atom stereocenters. The van der Waals surface area contributed by atoms with E-state index in [2.05, 4.69) is 4.74 Å². The summed E-state index contributed by atoms with van der Waals surface area (Å²) in [6, 6.07) is 10.5. The number of hydrogen-bond acceptors (Lipinski definition) is 8. The number of phenolic OH excluding ortho intramolecular Hbond substituents is 1. The molecule has 0 radical (unpaired) electrons. The van der Waals surface area contributed by atoms with Crippen LogP contribution in [-0.4, -0.2) is 34.1 Å². The summed E-state index contributed by atoms with van der Waals surface area (Å²) < 4.78 is 9.68. The van der Waals surface area contributed by atoms with Gasteiger partial charge in [-0.3, -0.25) is 20.2 Å². The van der Waals surface area contributed by atoms with Gasteiger partial charge in [-0.15, -0.1) is 0 Å². The van der Waals surface area contributed by atoms with E-state index in [1.807, 2.05) is 0 Å². The fourth-order valence-electron chi connectivity index (χ4n) is 1.64. The lowest BCUT2D eigenvalue weighted by Crippen LogP contribution is -2.24. The second kappa shape index (κ2) is 9.57. The number of nitro groups is 2. The number of nitro benzene ring substituents is 2. The molecule has 138 valence electrons. The summed E-state index contributed by atoms with van der Waals surface area (Å²) >= 11 is 0. The number of methoxy groups -OCH3 is 1. The summed E-state index contributed by atoms with van der Waals surface area (Å²) in [5.41, 5.74) is -0.0455. The number of carbonyl (C=O) groups is 1. The Labute approximate surface area is 147 Å². The van der Waals surface area contributed by atoms with Gasteiger partial charge in [0.05, 0.1) is 17.0 Å². The standard InChI is InChI=1S/C10H11NO5.C6H5NO3/c1-7(10(12)15-2)16-9-5-3-8(4-6-9)11(13)14;8-6-3-1-5(2-4-6)7(9)10/h3-7H,1-2H3;1-4,8H. The lowest BCUT2D eigenvalue weighted by molar-refractivity contribution is -0.385. The predicted molar refractivity (Wildman–Crippen MR) is 90.0 cm³/mol. The fraction of sp³-hybridized carbons (Fsp3) is 0.188. The van der Waals surface area contributed by atoms with E-state index in [-0.39, 0.29) is 17.1 Å². The van der Waals surface area contributed by atoms with Gasteiger partial charge in [0, 0.05) is 24.3 Å². The Bertz CT molecular complexity index is 759. The first-order valence-corrected chi connectivity index (χ1v) is 7.17. The van der Waals surface area contributed by atoms with Crippen molar-refractivity contribution in [2.75, 3.05) is 7.11 Å². The molecule has 0 fully saturated rings. The molecule has 0 saturated carbocycles. The number of aromatic hydroxyl groups is 1. The van der Waals surface area contributed by atoms with Crippen LogP contribution in [0, 0.1) is 20.2 Å². The lowest BCUT2D eigenvalue weighted by atomic mass is 10.3. The van der Waals surface area contributed by atoms with Gasteiger partial charge in [-0.2, -0.15) is 0 Å². The van der Waals surface area contributed by atoms with Crippen molar-refractivity contribution in [3.05, 3.63) is 68.8 Å². The molecule has 10 heteroatoms. The van der Waals surface area contributed by atoms with Gasteiger partial charge >= 0.3 is 5.97 Å². The molecule has 10 nitrogen and oxygen atoms in total. The molecule has 2 aromatic carbocycles. The molecule has 0 aliphatic rings. The van der Waals surface area contributed by atoms with Gasteiger partial charge < -0.3 is 14.6 Å². The summed E-state index contributed by atoms with van der Waals surface area (Å²) in [7, 11) is 1.26. The number of hydrogen-bond donors (Lipinski definition) is 1. The van der Waals surface area contributed by atoms with E-state index >= 15 is 0 Å². The van der Waals surface area contributed by atoms with Gasteiger partial charge in [0.15, 0.2) is 6.10 Å². The van der Waals surface area contributed by atoms with E-state index in [9.17, 15) is 25.0 Å². The van der Waals surface area contributed by atoms with Gasteiger partial charge in [0.25, 0.3) is 11.4 Å². The highest BCUT2D eigenvalue weighted by atomic mass is 16.6. The molecular formula is C16H16N2O8. The molecule has 2 rings (SSSR count). The quantitative estimate of drug-likeness (QED) is 0.485. The van der Waals surface area contributed by atoms with Crippen LogP contribution in [0.3, 0.4) is 0 Å². The van der Waals surface area contributed by atoms with Crippen molar-refractivity contribution in [2.24, 2.45) is 0 Å². The highest BCUT2D eigenvalue weighted by molar-refractivity contribution is 5.74. The molecule has 0 bridgehead atoms. The zero-order valence-corrected chi connectivity index (χ0v) is 13.9. The Morgan fingerprint density at radius 2 is 1.38 bits per heavy atom. The summed E-state index contributed by atoms with van der Waals surface area (Å²) in [5.74, 6) is -0.0903. The van der Waals surface area contributed by atoms with Crippen molar-refractivity contribution in [3.8, 4) is 11.5 Å². The maximum Gasteiger partial charge on any atom is 0.346 e. The highest BCUT2D eigenvalue weighted by Gasteiger charge is 2.15. The van der Waals surface area contributed by atoms with Gasteiger partial charge in [0.1, 0.15) is 11.5 Å². The molecular weight excluding hydrogens is 348 g/mol. The SMILES string of the molecule is COC(=O)C(C)Oc1ccc([N+](=O)[O-])cc1.O=[N+]([O-])c1ccc(O)cc1. The number of ether oxygens (including phenoxy) is 2. The van der Waals surface area contributed by atoms with Crippen LogP contribution in [-0.2, 0) is 9.53 Å². The van der Waals surface area contributed by atoms with Crippen molar-refractivity contribution in [1.29, 1.82) is 0 Å². The van der Waals surface area contributed by atoms with E-state index in [0.717, 1.165) is 0 Å². The minimum absolute atomic E-state index is 0.0159. The topological polar surface area (TPSA) is 142 Å². The van der Waals surface area contributed by atoms with Crippen LogP contribution in [0.5, 0.6) is 11.5 Å². The lowest BCUT2D eigenvalue weighted by Gasteiger charge is -2.11. The third-order valence-corrected chi connectivity index (χ3v) is 2.95. The van der Waals surface area contributed by atoms with Crippen LogP contribution >= 0.6 is 0 Å². The first-order chi connectivity index (χ1) is 12.2. The third-order valence-electron chi connectivity index (χ3n) is 2.95. The zero-order chi connectivity index (χ0) is 19.7. The number of nitrogens with zero attached hydrogens (tertiary/aromatic N) is 2. The normalized spacial score (nSPS) is 10.7. The van der Waals surface area contributed by atoms with Crippen LogP contribution < -0.4 is 4.74 Å². The van der Waals surface area contributed by atoms with Gasteiger partial charge in [-0.05, 0) is 31.2 Å². The Kier molecular flexibility index (Phi) is 7.49. The van der Waals surface area contributed by atoms with Crippen molar-refractivity contribution in [1.82, 2.24) is 0 Å². The van der Waals surface area contributed by atoms with Crippen LogP contribution in [0.2, 0.25) is 0 Å². The molecule has 2 aromatic rings. The molecule has 0 aromatic heterocycles. The maximum atomic E-state index is 11.0. The van der Waals surface area contributed by atoms with Gasteiger partial charge in [-0.1, -0.05) is 0 Å². The van der Waals surface area contributed by atoms with Crippen molar-refractivity contribution in [2.45, 2.75) is 13.0 Å².